The Morgan fingerprint density at radius 1 is 1.00 bits per heavy atom. The zero-order chi connectivity index (χ0) is 18.4. The van der Waals surface area contributed by atoms with Crippen LogP contribution in [0.5, 0.6) is 0 Å². The second kappa shape index (κ2) is 6.29. The average molecular weight is 393 g/mol. The summed E-state index contributed by atoms with van der Waals surface area (Å²) in [6.07, 6.45) is 0. The van der Waals surface area contributed by atoms with Crippen molar-refractivity contribution in [3.05, 3.63) is 65.2 Å². The number of benzene rings is 2. The van der Waals surface area contributed by atoms with Crippen molar-refractivity contribution >= 4 is 27.9 Å². The lowest BCUT2D eigenvalue weighted by Crippen LogP contribution is -1.91. The van der Waals surface area contributed by atoms with E-state index in [0.717, 1.165) is 27.5 Å². The second-order valence-electron chi connectivity index (χ2n) is 6.17. The van der Waals surface area contributed by atoms with E-state index in [2.05, 4.69) is 56.7 Å². The van der Waals surface area contributed by atoms with E-state index in [1.165, 1.54) is 16.9 Å². The summed E-state index contributed by atoms with van der Waals surface area (Å²) in [6, 6.07) is 17.8. The third-order valence-corrected chi connectivity index (χ3v) is 5.41. The number of nitrogens with one attached hydrogen (secondary N) is 1. The molecule has 2 aromatic carbocycles. The number of hydrogen-bond donors (Lipinski definition) is 1. The number of nitrogens with zero attached hydrogens (tertiary/aromatic N) is 5. The highest BCUT2D eigenvalue weighted by Crippen LogP contribution is 2.30. The van der Waals surface area contributed by atoms with Crippen molar-refractivity contribution in [3.8, 4) is 33.3 Å². The summed E-state index contributed by atoms with van der Waals surface area (Å²) in [5, 5.41) is 22.1. The van der Waals surface area contributed by atoms with Crippen LogP contribution in [0.2, 0.25) is 5.02 Å². The van der Waals surface area contributed by atoms with Gasteiger partial charge in [-0.15, -0.1) is 10.2 Å². The van der Waals surface area contributed by atoms with Gasteiger partial charge in [0.1, 0.15) is 10.7 Å². The number of aryl methyl sites for hydroxylation is 1. The van der Waals surface area contributed by atoms with Gasteiger partial charge in [0.05, 0.1) is 5.69 Å². The fourth-order valence-corrected chi connectivity index (χ4v) is 3.86. The Morgan fingerprint density at radius 3 is 2.67 bits per heavy atom. The topological polar surface area (TPSA) is 71.8 Å². The van der Waals surface area contributed by atoms with Gasteiger partial charge in [-0.3, -0.25) is 5.10 Å². The molecule has 3 aromatic heterocycles. The number of fused-ring (bicyclic) bond motifs is 1. The maximum absolute atomic E-state index is 6.09. The van der Waals surface area contributed by atoms with Crippen molar-refractivity contribution in [1.82, 2.24) is 30.0 Å². The molecule has 0 saturated heterocycles. The molecular formula is C19H13ClN6S. The molecule has 0 amide bonds. The van der Waals surface area contributed by atoms with Crippen molar-refractivity contribution in [1.29, 1.82) is 0 Å². The molecule has 1 N–H and O–H groups in total. The van der Waals surface area contributed by atoms with Crippen molar-refractivity contribution < 1.29 is 0 Å². The first-order valence-electron chi connectivity index (χ1n) is 8.28. The Bertz CT molecular complexity index is 1250. The van der Waals surface area contributed by atoms with E-state index in [9.17, 15) is 0 Å². The molecule has 0 fully saturated rings. The number of halogens is 1. The Morgan fingerprint density at radius 2 is 1.85 bits per heavy atom. The summed E-state index contributed by atoms with van der Waals surface area (Å²) in [5.41, 5.74) is 4.83. The van der Waals surface area contributed by atoms with Crippen LogP contribution in [-0.2, 0) is 0 Å². The molecule has 0 spiro atoms. The third kappa shape index (κ3) is 2.90. The van der Waals surface area contributed by atoms with E-state index in [0.29, 0.717) is 15.8 Å². The van der Waals surface area contributed by atoms with Crippen molar-refractivity contribution in [2.24, 2.45) is 0 Å². The lowest BCUT2D eigenvalue weighted by Gasteiger charge is -1.96. The van der Waals surface area contributed by atoms with Gasteiger partial charge in [0, 0.05) is 16.1 Å². The minimum Gasteiger partial charge on any atom is -0.274 e. The SMILES string of the molecule is Cc1ccc(-c2cc(-c3nnc4sc(-c5cccc(Cl)c5)nn34)[nH]n2)cc1. The van der Waals surface area contributed by atoms with E-state index >= 15 is 0 Å². The summed E-state index contributed by atoms with van der Waals surface area (Å²) in [6.45, 7) is 2.06. The highest BCUT2D eigenvalue weighted by Gasteiger charge is 2.17. The van der Waals surface area contributed by atoms with Crippen molar-refractivity contribution in [2.45, 2.75) is 6.92 Å². The van der Waals surface area contributed by atoms with Crippen LogP contribution >= 0.6 is 22.9 Å². The van der Waals surface area contributed by atoms with Gasteiger partial charge in [0.2, 0.25) is 10.8 Å². The fourth-order valence-electron chi connectivity index (χ4n) is 2.83. The molecule has 0 bridgehead atoms. The van der Waals surface area contributed by atoms with Crippen LogP contribution in [-0.4, -0.2) is 30.0 Å². The molecule has 6 nitrogen and oxygen atoms in total. The molecule has 3 heterocycles. The summed E-state index contributed by atoms with van der Waals surface area (Å²) >= 11 is 7.56. The number of aromatic nitrogens is 6. The van der Waals surface area contributed by atoms with Gasteiger partial charge in [-0.2, -0.15) is 14.7 Å². The Balaban J connectivity index is 1.55. The van der Waals surface area contributed by atoms with Gasteiger partial charge in [0.25, 0.3) is 0 Å². The van der Waals surface area contributed by atoms with Gasteiger partial charge in [0.15, 0.2) is 0 Å². The van der Waals surface area contributed by atoms with Crippen molar-refractivity contribution in [2.75, 3.05) is 0 Å². The molecule has 0 unspecified atom stereocenters. The molecule has 0 aliphatic rings. The summed E-state index contributed by atoms with van der Waals surface area (Å²) in [7, 11) is 0. The fraction of sp³-hybridized carbons (Fsp3) is 0.0526. The van der Waals surface area contributed by atoms with Crippen LogP contribution in [0.25, 0.3) is 38.3 Å². The molecule has 0 saturated carbocycles. The molecule has 0 atom stereocenters. The first kappa shape index (κ1) is 16.2. The Kier molecular flexibility index (Phi) is 3.77. The second-order valence-corrected chi connectivity index (χ2v) is 7.56. The van der Waals surface area contributed by atoms with Gasteiger partial charge in [-0.1, -0.05) is 64.9 Å². The molecule has 0 radical (unpaired) electrons. The van der Waals surface area contributed by atoms with E-state index in [1.54, 1.807) is 4.52 Å². The molecule has 27 heavy (non-hydrogen) atoms. The third-order valence-electron chi connectivity index (χ3n) is 4.23. The van der Waals surface area contributed by atoms with Gasteiger partial charge >= 0.3 is 0 Å². The van der Waals surface area contributed by atoms with E-state index < -0.39 is 0 Å². The lowest BCUT2D eigenvalue weighted by molar-refractivity contribution is 0.955. The number of aromatic amines is 1. The molecule has 8 heteroatoms. The van der Waals surface area contributed by atoms with Crippen LogP contribution in [0.4, 0.5) is 0 Å². The monoisotopic (exact) mass is 392 g/mol. The summed E-state index contributed by atoms with van der Waals surface area (Å²) in [5.74, 6) is 0.625. The van der Waals surface area contributed by atoms with Crippen LogP contribution < -0.4 is 0 Å². The van der Waals surface area contributed by atoms with Gasteiger partial charge < -0.3 is 0 Å². The zero-order valence-electron chi connectivity index (χ0n) is 14.2. The molecule has 5 rings (SSSR count). The molecule has 0 aliphatic heterocycles. The number of hydrogen-bond acceptors (Lipinski definition) is 5. The van der Waals surface area contributed by atoms with Crippen molar-refractivity contribution in [3.63, 3.8) is 0 Å². The zero-order valence-corrected chi connectivity index (χ0v) is 15.8. The van der Waals surface area contributed by atoms with E-state index in [4.69, 9.17) is 11.6 Å². The standard InChI is InChI=1S/C19H13ClN6S/c1-11-5-7-12(8-6-11)15-10-16(22-21-15)17-23-24-19-26(17)25-18(27-19)13-3-2-4-14(20)9-13/h2-10H,1H3,(H,21,22). The van der Waals surface area contributed by atoms with Crippen LogP contribution in [0.1, 0.15) is 5.56 Å². The predicted molar refractivity (Wildman–Crippen MR) is 107 cm³/mol. The Labute approximate surface area is 163 Å². The molecule has 5 aromatic rings. The predicted octanol–water partition coefficient (Wildman–Crippen LogP) is 4.87. The van der Waals surface area contributed by atoms with Crippen LogP contribution in [0.15, 0.2) is 54.6 Å². The molecular weight excluding hydrogens is 380 g/mol. The Hall–Kier alpha value is -3.03. The lowest BCUT2D eigenvalue weighted by atomic mass is 10.1. The van der Waals surface area contributed by atoms with E-state index in [-0.39, 0.29) is 0 Å². The largest absolute Gasteiger partial charge is 0.274 e. The van der Waals surface area contributed by atoms with E-state index in [1.807, 2.05) is 30.3 Å². The summed E-state index contributed by atoms with van der Waals surface area (Å²) in [4.78, 5) is 0.714. The maximum atomic E-state index is 6.09. The molecule has 132 valence electrons. The smallest absolute Gasteiger partial charge is 0.235 e. The van der Waals surface area contributed by atoms with Crippen LogP contribution in [0.3, 0.4) is 0 Å². The average Bonchev–Trinajstić information content (AvgIpc) is 3.37. The minimum absolute atomic E-state index is 0.625. The number of rotatable bonds is 3. The summed E-state index contributed by atoms with van der Waals surface area (Å²) < 4.78 is 1.73. The first-order chi connectivity index (χ1) is 13.2. The quantitative estimate of drug-likeness (QED) is 0.475. The van der Waals surface area contributed by atoms with Crippen LogP contribution in [0, 0.1) is 6.92 Å². The van der Waals surface area contributed by atoms with Gasteiger partial charge in [-0.05, 0) is 25.1 Å². The number of H-pyrrole nitrogens is 1. The first-order valence-corrected chi connectivity index (χ1v) is 9.48. The van der Waals surface area contributed by atoms with Gasteiger partial charge in [-0.25, -0.2) is 0 Å². The minimum atomic E-state index is 0.625. The maximum Gasteiger partial charge on any atom is 0.235 e. The molecule has 0 aliphatic carbocycles. The highest BCUT2D eigenvalue weighted by atomic mass is 35.5. The highest BCUT2D eigenvalue weighted by molar-refractivity contribution is 7.19. The normalized spacial score (nSPS) is 11.3.